The number of nitrogens with zero attached hydrogens (tertiary/aromatic N) is 2. The molecule has 1 aliphatic rings. The third kappa shape index (κ3) is 2.80. The van der Waals surface area contributed by atoms with E-state index in [1.807, 2.05) is 19.1 Å². The van der Waals surface area contributed by atoms with Crippen LogP contribution in [0.5, 0.6) is 0 Å². The molecule has 0 aromatic carbocycles. The number of anilines is 1. The molecule has 2 rings (SSSR count). The number of thiocarbonyl (C=S) groups is 1. The standard InChI is InChI=1S/C14H21N3S/c1-10-8-9-12(13(15)18)14(16-10)17(2)11-6-4-3-5-7-11/h8-9,11H,3-7H2,1-2H3,(H2,15,18). The van der Waals surface area contributed by atoms with Crippen LogP contribution in [0, 0.1) is 6.92 Å². The van der Waals surface area contributed by atoms with E-state index in [0.717, 1.165) is 17.1 Å². The van der Waals surface area contributed by atoms with Crippen LogP contribution in [0.15, 0.2) is 12.1 Å². The summed E-state index contributed by atoms with van der Waals surface area (Å²) in [5.41, 5.74) is 7.70. The number of pyridine rings is 1. The van der Waals surface area contributed by atoms with Gasteiger partial charge in [0.15, 0.2) is 0 Å². The molecule has 3 nitrogen and oxygen atoms in total. The summed E-state index contributed by atoms with van der Waals surface area (Å²) in [6.07, 6.45) is 6.45. The minimum absolute atomic E-state index is 0.431. The summed E-state index contributed by atoms with van der Waals surface area (Å²) in [6, 6.07) is 4.52. The Morgan fingerprint density at radius 1 is 1.33 bits per heavy atom. The highest BCUT2D eigenvalue weighted by Crippen LogP contribution is 2.27. The SMILES string of the molecule is Cc1ccc(C(N)=S)c(N(C)C2CCCCC2)n1. The van der Waals surface area contributed by atoms with Gasteiger partial charge < -0.3 is 10.6 Å². The van der Waals surface area contributed by atoms with Gasteiger partial charge in [0.2, 0.25) is 0 Å². The van der Waals surface area contributed by atoms with Gasteiger partial charge in [0, 0.05) is 18.8 Å². The molecule has 4 heteroatoms. The molecule has 0 saturated heterocycles. The molecule has 1 fully saturated rings. The van der Waals surface area contributed by atoms with E-state index < -0.39 is 0 Å². The monoisotopic (exact) mass is 263 g/mol. The molecule has 98 valence electrons. The van der Waals surface area contributed by atoms with Crippen LogP contribution in [0.25, 0.3) is 0 Å². The van der Waals surface area contributed by atoms with E-state index in [2.05, 4.69) is 16.9 Å². The predicted octanol–water partition coefficient (Wildman–Crippen LogP) is 2.79. The molecule has 0 spiro atoms. The van der Waals surface area contributed by atoms with E-state index in [4.69, 9.17) is 18.0 Å². The first-order valence-corrected chi connectivity index (χ1v) is 7.00. The van der Waals surface area contributed by atoms with Gasteiger partial charge in [-0.1, -0.05) is 31.5 Å². The maximum Gasteiger partial charge on any atom is 0.139 e. The highest BCUT2D eigenvalue weighted by Gasteiger charge is 2.21. The van der Waals surface area contributed by atoms with Crippen LogP contribution < -0.4 is 10.6 Å². The van der Waals surface area contributed by atoms with Crippen molar-refractivity contribution in [1.29, 1.82) is 0 Å². The summed E-state index contributed by atoms with van der Waals surface area (Å²) in [7, 11) is 2.11. The van der Waals surface area contributed by atoms with Crippen molar-refractivity contribution in [3.8, 4) is 0 Å². The lowest BCUT2D eigenvalue weighted by Gasteiger charge is -2.33. The lowest BCUT2D eigenvalue weighted by Crippen LogP contribution is -2.35. The first-order chi connectivity index (χ1) is 8.59. The Bertz CT molecular complexity index is 439. The minimum atomic E-state index is 0.431. The second-order valence-electron chi connectivity index (χ2n) is 5.09. The van der Waals surface area contributed by atoms with Crippen molar-refractivity contribution in [3.63, 3.8) is 0 Å². The van der Waals surface area contributed by atoms with Crippen LogP contribution in [0.3, 0.4) is 0 Å². The van der Waals surface area contributed by atoms with Crippen molar-refractivity contribution in [1.82, 2.24) is 4.98 Å². The molecule has 1 saturated carbocycles. The Morgan fingerprint density at radius 2 is 2.00 bits per heavy atom. The van der Waals surface area contributed by atoms with Crippen molar-refractivity contribution in [2.45, 2.75) is 45.1 Å². The zero-order valence-corrected chi connectivity index (χ0v) is 12.0. The second-order valence-corrected chi connectivity index (χ2v) is 5.53. The van der Waals surface area contributed by atoms with E-state index in [0.29, 0.717) is 11.0 Å². The molecule has 0 atom stereocenters. The molecule has 0 radical (unpaired) electrons. The zero-order valence-electron chi connectivity index (χ0n) is 11.1. The lowest BCUT2D eigenvalue weighted by molar-refractivity contribution is 0.426. The van der Waals surface area contributed by atoms with E-state index in [1.165, 1.54) is 32.1 Å². The largest absolute Gasteiger partial charge is 0.389 e. The van der Waals surface area contributed by atoms with Gasteiger partial charge >= 0.3 is 0 Å². The molecule has 2 N–H and O–H groups in total. The summed E-state index contributed by atoms with van der Waals surface area (Å²) in [5.74, 6) is 0.939. The van der Waals surface area contributed by atoms with Crippen molar-refractivity contribution in [3.05, 3.63) is 23.4 Å². The normalized spacial score (nSPS) is 16.6. The number of aryl methyl sites for hydroxylation is 1. The topological polar surface area (TPSA) is 42.1 Å². The Morgan fingerprint density at radius 3 is 2.61 bits per heavy atom. The van der Waals surface area contributed by atoms with E-state index in [9.17, 15) is 0 Å². The molecule has 18 heavy (non-hydrogen) atoms. The van der Waals surface area contributed by atoms with Gasteiger partial charge in [-0.15, -0.1) is 0 Å². The summed E-state index contributed by atoms with van der Waals surface area (Å²) < 4.78 is 0. The predicted molar refractivity (Wildman–Crippen MR) is 80.1 cm³/mol. The highest BCUT2D eigenvalue weighted by atomic mass is 32.1. The molecular weight excluding hydrogens is 242 g/mol. The smallest absolute Gasteiger partial charge is 0.139 e. The third-order valence-corrected chi connectivity index (χ3v) is 3.96. The van der Waals surface area contributed by atoms with Crippen LogP contribution >= 0.6 is 12.2 Å². The summed E-state index contributed by atoms with van der Waals surface area (Å²) in [4.78, 5) is 7.32. The van der Waals surface area contributed by atoms with Gasteiger partial charge in [-0.3, -0.25) is 0 Å². The van der Waals surface area contributed by atoms with E-state index >= 15 is 0 Å². The van der Waals surface area contributed by atoms with Crippen LogP contribution in [0.2, 0.25) is 0 Å². The van der Waals surface area contributed by atoms with Crippen LogP contribution in [-0.4, -0.2) is 23.1 Å². The number of hydrogen-bond donors (Lipinski definition) is 1. The highest BCUT2D eigenvalue weighted by molar-refractivity contribution is 7.80. The van der Waals surface area contributed by atoms with Gasteiger partial charge in [-0.05, 0) is 31.9 Å². The fraction of sp³-hybridized carbons (Fsp3) is 0.571. The van der Waals surface area contributed by atoms with E-state index in [-0.39, 0.29) is 0 Å². The van der Waals surface area contributed by atoms with Crippen molar-refractivity contribution in [2.24, 2.45) is 5.73 Å². The Kier molecular flexibility index (Phi) is 4.17. The quantitative estimate of drug-likeness (QED) is 0.852. The fourth-order valence-electron chi connectivity index (χ4n) is 2.65. The summed E-state index contributed by atoms with van der Waals surface area (Å²) in [6.45, 7) is 2.00. The average molecular weight is 263 g/mol. The number of nitrogens with two attached hydrogens (primary N) is 1. The van der Waals surface area contributed by atoms with Gasteiger partial charge in [0.1, 0.15) is 10.8 Å². The Balaban J connectivity index is 2.30. The van der Waals surface area contributed by atoms with E-state index in [1.54, 1.807) is 0 Å². The number of rotatable bonds is 3. The van der Waals surface area contributed by atoms with Gasteiger partial charge in [0.25, 0.3) is 0 Å². The van der Waals surface area contributed by atoms with Crippen molar-refractivity contribution >= 4 is 23.0 Å². The number of hydrogen-bond acceptors (Lipinski definition) is 3. The van der Waals surface area contributed by atoms with Gasteiger partial charge in [0.05, 0.1) is 5.56 Å². The molecule has 1 aromatic heterocycles. The molecule has 0 unspecified atom stereocenters. The maximum atomic E-state index is 5.80. The van der Waals surface area contributed by atoms with Crippen molar-refractivity contribution < 1.29 is 0 Å². The molecule has 0 aliphatic heterocycles. The first kappa shape index (κ1) is 13.3. The third-order valence-electron chi connectivity index (χ3n) is 3.74. The van der Waals surface area contributed by atoms with Gasteiger partial charge in [-0.2, -0.15) is 0 Å². The molecule has 0 amide bonds. The zero-order chi connectivity index (χ0) is 13.1. The van der Waals surface area contributed by atoms with Crippen molar-refractivity contribution in [2.75, 3.05) is 11.9 Å². The molecule has 1 heterocycles. The summed E-state index contributed by atoms with van der Waals surface area (Å²) >= 11 is 5.12. The second kappa shape index (κ2) is 5.65. The Labute approximate surface area is 114 Å². The average Bonchev–Trinajstić information content (AvgIpc) is 2.38. The summed E-state index contributed by atoms with van der Waals surface area (Å²) in [5, 5.41) is 0. The lowest BCUT2D eigenvalue weighted by atomic mass is 9.94. The number of aromatic nitrogens is 1. The fourth-order valence-corrected chi connectivity index (χ4v) is 2.80. The molecule has 1 aromatic rings. The molecular formula is C14H21N3S. The Hall–Kier alpha value is -1.16. The first-order valence-electron chi connectivity index (χ1n) is 6.60. The van der Waals surface area contributed by atoms with Crippen LogP contribution in [0.4, 0.5) is 5.82 Å². The molecule has 0 bridgehead atoms. The van der Waals surface area contributed by atoms with Crippen LogP contribution in [-0.2, 0) is 0 Å². The van der Waals surface area contributed by atoms with Gasteiger partial charge in [-0.25, -0.2) is 4.98 Å². The minimum Gasteiger partial charge on any atom is -0.389 e. The molecule has 1 aliphatic carbocycles. The maximum absolute atomic E-state index is 5.80. The van der Waals surface area contributed by atoms with Crippen LogP contribution in [0.1, 0.15) is 43.4 Å².